The number of aromatic nitrogens is 4. The van der Waals surface area contributed by atoms with Crippen LogP contribution in [0.1, 0.15) is 36.7 Å². The van der Waals surface area contributed by atoms with Gasteiger partial charge >= 0.3 is 6.18 Å². The summed E-state index contributed by atoms with van der Waals surface area (Å²) in [5, 5.41) is 0. The van der Waals surface area contributed by atoms with Crippen LogP contribution in [0.2, 0.25) is 0 Å². The molecule has 0 saturated heterocycles. The van der Waals surface area contributed by atoms with Gasteiger partial charge in [-0.05, 0) is 42.8 Å². The van der Waals surface area contributed by atoms with Crippen LogP contribution in [0.25, 0.3) is 16.9 Å². The van der Waals surface area contributed by atoms with E-state index in [1.54, 1.807) is 17.6 Å². The Kier molecular flexibility index (Phi) is 5.12. The molecule has 0 fully saturated rings. The van der Waals surface area contributed by atoms with Gasteiger partial charge in [-0.25, -0.2) is 14.4 Å². The molecule has 160 valence electrons. The highest BCUT2D eigenvalue weighted by Crippen LogP contribution is 2.33. The molecule has 0 spiro atoms. The number of rotatable bonds is 4. The second kappa shape index (κ2) is 7.64. The van der Waals surface area contributed by atoms with Crippen molar-refractivity contribution in [2.24, 2.45) is 0 Å². The highest BCUT2D eigenvalue weighted by Gasteiger charge is 2.31. The fraction of sp³-hybridized carbons (Fsp3) is 0.227. The number of nitrogens with zero attached hydrogens (tertiary/aromatic N) is 4. The van der Waals surface area contributed by atoms with E-state index in [-0.39, 0.29) is 11.3 Å². The summed E-state index contributed by atoms with van der Waals surface area (Å²) in [6.07, 6.45) is -3.00. The van der Waals surface area contributed by atoms with Gasteiger partial charge in [0.25, 0.3) is 5.56 Å². The Bertz CT molecular complexity index is 1310. The van der Waals surface area contributed by atoms with Gasteiger partial charge < -0.3 is 4.57 Å². The van der Waals surface area contributed by atoms with Gasteiger partial charge in [0.1, 0.15) is 11.6 Å². The second-order valence-corrected chi connectivity index (χ2v) is 7.13. The molecule has 2 heterocycles. The second-order valence-electron chi connectivity index (χ2n) is 7.13. The lowest BCUT2D eigenvalue weighted by Gasteiger charge is -2.19. The van der Waals surface area contributed by atoms with Crippen molar-refractivity contribution < 1.29 is 17.6 Å². The van der Waals surface area contributed by atoms with Crippen LogP contribution < -0.4 is 5.56 Å². The Labute approximate surface area is 174 Å². The zero-order valence-electron chi connectivity index (χ0n) is 16.7. The monoisotopic (exact) mass is 430 g/mol. The number of alkyl halides is 3. The quantitative estimate of drug-likeness (QED) is 0.432. The third-order valence-electron chi connectivity index (χ3n) is 5.19. The summed E-state index contributed by atoms with van der Waals surface area (Å²) in [6.45, 7) is 4.06. The van der Waals surface area contributed by atoms with Gasteiger partial charge in [0.2, 0.25) is 0 Å². The lowest BCUT2D eigenvalue weighted by Crippen LogP contribution is -2.26. The average molecular weight is 430 g/mol. The lowest BCUT2D eigenvalue weighted by atomic mass is 9.97. The Morgan fingerprint density at radius 1 is 1.10 bits per heavy atom. The topological polar surface area (TPSA) is 52.7 Å². The first-order chi connectivity index (χ1) is 14.7. The molecule has 5 nitrogen and oxygen atoms in total. The molecule has 0 aliphatic heterocycles. The zero-order valence-corrected chi connectivity index (χ0v) is 16.7. The minimum atomic E-state index is -4.50. The number of hydrogen-bond acceptors (Lipinski definition) is 3. The molecule has 0 saturated carbocycles. The van der Waals surface area contributed by atoms with E-state index in [1.807, 2.05) is 6.92 Å². The number of halogens is 4. The number of hydrogen-bond donors (Lipinski definition) is 0. The Morgan fingerprint density at radius 2 is 1.81 bits per heavy atom. The van der Waals surface area contributed by atoms with E-state index < -0.39 is 29.0 Å². The molecule has 4 aromatic rings. The van der Waals surface area contributed by atoms with Gasteiger partial charge in [0.15, 0.2) is 11.2 Å². The molecular weight excluding hydrogens is 412 g/mol. The molecule has 0 N–H and O–H groups in total. The lowest BCUT2D eigenvalue weighted by molar-refractivity contribution is -0.137. The predicted molar refractivity (Wildman–Crippen MR) is 108 cm³/mol. The van der Waals surface area contributed by atoms with Crippen molar-refractivity contribution in [1.29, 1.82) is 0 Å². The van der Waals surface area contributed by atoms with E-state index in [2.05, 4.69) is 9.97 Å². The SMILES string of the molecule is CCn1cnc2c(=O)n(-c3ccc(F)cc3)c(C(C)c3cccc(C(F)(F)F)c3)nc21. The van der Waals surface area contributed by atoms with E-state index in [4.69, 9.17) is 0 Å². The van der Waals surface area contributed by atoms with Gasteiger partial charge in [0.05, 0.1) is 17.6 Å². The molecular formula is C22H18F4N4O. The number of aryl methyl sites for hydroxylation is 1. The van der Waals surface area contributed by atoms with Crippen LogP contribution in [0.4, 0.5) is 17.6 Å². The van der Waals surface area contributed by atoms with Crippen molar-refractivity contribution in [2.75, 3.05) is 0 Å². The first-order valence-electron chi connectivity index (χ1n) is 9.61. The minimum absolute atomic E-state index is 0.131. The molecule has 2 aromatic carbocycles. The molecule has 0 bridgehead atoms. The van der Waals surface area contributed by atoms with Crippen molar-refractivity contribution in [3.8, 4) is 5.69 Å². The first kappa shape index (κ1) is 20.8. The maximum absolute atomic E-state index is 13.5. The van der Waals surface area contributed by atoms with Crippen molar-refractivity contribution in [1.82, 2.24) is 19.1 Å². The summed E-state index contributed by atoms with van der Waals surface area (Å²) in [4.78, 5) is 22.1. The fourth-order valence-electron chi connectivity index (χ4n) is 3.51. The van der Waals surface area contributed by atoms with Crippen LogP contribution in [0.15, 0.2) is 59.7 Å². The maximum atomic E-state index is 13.5. The molecule has 0 aliphatic carbocycles. The van der Waals surface area contributed by atoms with Crippen LogP contribution in [-0.4, -0.2) is 19.1 Å². The fourth-order valence-corrected chi connectivity index (χ4v) is 3.51. The summed E-state index contributed by atoms with van der Waals surface area (Å²) in [7, 11) is 0. The van der Waals surface area contributed by atoms with Gasteiger partial charge in [0, 0.05) is 12.5 Å². The molecule has 0 radical (unpaired) electrons. The number of imidazole rings is 1. The summed E-state index contributed by atoms with van der Waals surface area (Å²) in [6, 6.07) is 10.2. The van der Waals surface area contributed by atoms with Crippen molar-refractivity contribution >= 4 is 11.2 Å². The van der Waals surface area contributed by atoms with E-state index >= 15 is 0 Å². The standard InChI is InChI=1S/C22H18F4N4O/c1-3-29-12-27-18-20(29)28-19(30(21(18)31)17-9-7-16(23)8-10-17)13(2)14-5-4-6-15(11-14)22(24,25)26/h4-13H,3H2,1-2H3. The van der Waals surface area contributed by atoms with Crippen LogP contribution in [-0.2, 0) is 12.7 Å². The summed E-state index contributed by atoms with van der Waals surface area (Å²) in [5.41, 5.74) is -0.0872. The van der Waals surface area contributed by atoms with Crippen LogP contribution in [0.3, 0.4) is 0 Å². The summed E-state index contributed by atoms with van der Waals surface area (Å²) >= 11 is 0. The van der Waals surface area contributed by atoms with Crippen LogP contribution in [0.5, 0.6) is 0 Å². The molecule has 0 aliphatic rings. The molecule has 4 rings (SSSR count). The van der Waals surface area contributed by atoms with Crippen molar-refractivity contribution in [3.05, 3.63) is 88.0 Å². The van der Waals surface area contributed by atoms with Crippen LogP contribution in [0, 0.1) is 5.82 Å². The van der Waals surface area contributed by atoms with E-state index in [0.29, 0.717) is 23.4 Å². The molecule has 1 unspecified atom stereocenters. The van der Waals surface area contributed by atoms with Crippen molar-refractivity contribution in [3.63, 3.8) is 0 Å². The largest absolute Gasteiger partial charge is 0.416 e. The van der Waals surface area contributed by atoms with Gasteiger partial charge in [-0.3, -0.25) is 9.36 Å². The first-order valence-corrected chi connectivity index (χ1v) is 9.61. The summed E-state index contributed by atoms with van der Waals surface area (Å²) < 4.78 is 56.1. The average Bonchev–Trinajstić information content (AvgIpc) is 3.17. The Hall–Kier alpha value is -3.49. The van der Waals surface area contributed by atoms with E-state index in [1.165, 1.54) is 41.2 Å². The highest BCUT2D eigenvalue weighted by molar-refractivity contribution is 5.70. The Morgan fingerprint density at radius 3 is 2.45 bits per heavy atom. The normalized spacial score (nSPS) is 13.0. The molecule has 2 aromatic heterocycles. The molecule has 0 amide bonds. The van der Waals surface area contributed by atoms with Gasteiger partial charge in [-0.1, -0.05) is 25.1 Å². The number of benzene rings is 2. The summed E-state index contributed by atoms with van der Waals surface area (Å²) in [5.74, 6) is -0.906. The molecule has 9 heteroatoms. The number of fused-ring (bicyclic) bond motifs is 1. The molecule has 31 heavy (non-hydrogen) atoms. The third-order valence-corrected chi connectivity index (χ3v) is 5.19. The smallest absolute Gasteiger partial charge is 0.315 e. The predicted octanol–water partition coefficient (Wildman–Crippen LogP) is 4.91. The molecule has 1 atom stereocenters. The minimum Gasteiger partial charge on any atom is -0.315 e. The van der Waals surface area contributed by atoms with E-state index in [9.17, 15) is 22.4 Å². The Balaban J connectivity index is 1.98. The highest BCUT2D eigenvalue weighted by atomic mass is 19.4. The zero-order chi connectivity index (χ0) is 22.3. The van der Waals surface area contributed by atoms with Crippen molar-refractivity contribution in [2.45, 2.75) is 32.5 Å². The third kappa shape index (κ3) is 3.71. The maximum Gasteiger partial charge on any atom is 0.416 e. The van der Waals surface area contributed by atoms with E-state index in [0.717, 1.165) is 12.1 Å². The van der Waals surface area contributed by atoms with Crippen LogP contribution >= 0.6 is 0 Å². The van der Waals surface area contributed by atoms with Gasteiger partial charge in [-0.15, -0.1) is 0 Å². The van der Waals surface area contributed by atoms with Gasteiger partial charge in [-0.2, -0.15) is 13.2 Å².